The number of amides is 1. The van der Waals surface area contributed by atoms with Crippen molar-refractivity contribution in [1.82, 2.24) is 4.90 Å². The van der Waals surface area contributed by atoms with Crippen LogP contribution in [0.1, 0.15) is 12.5 Å². The van der Waals surface area contributed by atoms with Gasteiger partial charge in [0, 0.05) is 20.2 Å². The molecular weight excluding hydrogens is 232 g/mol. The van der Waals surface area contributed by atoms with E-state index in [4.69, 9.17) is 14.7 Å². The molecule has 0 spiro atoms. The number of nitriles is 1. The largest absolute Gasteiger partial charge is 0.493 e. The summed E-state index contributed by atoms with van der Waals surface area (Å²) >= 11 is 0. The van der Waals surface area contributed by atoms with Crippen LogP contribution in [-0.4, -0.2) is 38.1 Å². The molecule has 0 fully saturated rings. The Morgan fingerprint density at radius 3 is 2.56 bits per heavy atom. The van der Waals surface area contributed by atoms with E-state index in [1.165, 1.54) is 12.0 Å². The molecule has 5 nitrogen and oxygen atoms in total. The van der Waals surface area contributed by atoms with Gasteiger partial charge in [-0.05, 0) is 19.1 Å². The SMILES string of the molecule is COc1cc(C#N)ccc1O[C@H](C)C(=O)N(C)C. The second-order valence-electron chi connectivity index (χ2n) is 3.97. The van der Waals surface area contributed by atoms with Gasteiger partial charge in [-0.2, -0.15) is 5.26 Å². The molecule has 0 unspecified atom stereocenters. The van der Waals surface area contributed by atoms with Gasteiger partial charge in [-0.15, -0.1) is 0 Å². The lowest BCUT2D eigenvalue weighted by Crippen LogP contribution is -2.35. The van der Waals surface area contributed by atoms with Crippen molar-refractivity contribution in [2.24, 2.45) is 0 Å². The molecule has 0 radical (unpaired) electrons. The van der Waals surface area contributed by atoms with Crippen molar-refractivity contribution in [3.63, 3.8) is 0 Å². The van der Waals surface area contributed by atoms with Gasteiger partial charge in [-0.25, -0.2) is 0 Å². The van der Waals surface area contributed by atoms with Crippen LogP contribution in [0.15, 0.2) is 18.2 Å². The van der Waals surface area contributed by atoms with Crippen molar-refractivity contribution in [2.45, 2.75) is 13.0 Å². The Bertz CT molecular complexity index is 478. The minimum absolute atomic E-state index is 0.138. The molecule has 0 bridgehead atoms. The van der Waals surface area contributed by atoms with E-state index in [1.54, 1.807) is 39.2 Å². The summed E-state index contributed by atoms with van der Waals surface area (Å²) in [6.45, 7) is 1.67. The van der Waals surface area contributed by atoms with Gasteiger partial charge < -0.3 is 14.4 Å². The maximum Gasteiger partial charge on any atom is 0.262 e. The van der Waals surface area contributed by atoms with Crippen LogP contribution in [0.25, 0.3) is 0 Å². The fraction of sp³-hybridized carbons (Fsp3) is 0.385. The van der Waals surface area contributed by atoms with Crippen LogP contribution in [-0.2, 0) is 4.79 Å². The first kappa shape index (κ1) is 13.8. The van der Waals surface area contributed by atoms with Gasteiger partial charge in [0.25, 0.3) is 5.91 Å². The molecule has 18 heavy (non-hydrogen) atoms. The maximum atomic E-state index is 11.7. The Morgan fingerprint density at radius 2 is 2.06 bits per heavy atom. The molecule has 0 aromatic heterocycles. The Kier molecular flexibility index (Phi) is 4.55. The van der Waals surface area contributed by atoms with E-state index in [0.717, 1.165) is 0 Å². The Labute approximate surface area is 107 Å². The van der Waals surface area contributed by atoms with Crippen LogP contribution in [0.3, 0.4) is 0 Å². The summed E-state index contributed by atoms with van der Waals surface area (Å²) in [5.74, 6) is 0.744. The molecule has 0 heterocycles. The highest BCUT2D eigenvalue weighted by Crippen LogP contribution is 2.28. The molecule has 0 aliphatic heterocycles. The molecule has 0 saturated carbocycles. The van der Waals surface area contributed by atoms with Crippen LogP contribution in [0.4, 0.5) is 0 Å². The molecule has 0 aliphatic rings. The lowest BCUT2D eigenvalue weighted by Gasteiger charge is -2.19. The summed E-state index contributed by atoms with van der Waals surface area (Å²) in [6, 6.07) is 6.82. The number of nitrogens with zero attached hydrogens (tertiary/aromatic N) is 2. The van der Waals surface area contributed by atoms with E-state index < -0.39 is 6.10 Å². The second-order valence-corrected chi connectivity index (χ2v) is 3.97. The van der Waals surface area contributed by atoms with E-state index in [1.807, 2.05) is 6.07 Å². The first-order valence-electron chi connectivity index (χ1n) is 5.45. The van der Waals surface area contributed by atoms with E-state index in [0.29, 0.717) is 17.1 Å². The van der Waals surface area contributed by atoms with Gasteiger partial charge in [0.1, 0.15) is 0 Å². The molecule has 5 heteroatoms. The van der Waals surface area contributed by atoms with Crippen molar-refractivity contribution < 1.29 is 14.3 Å². The third kappa shape index (κ3) is 3.14. The third-order valence-electron chi connectivity index (χ3n) is 2.39. The van der Waals surface area contributed by atoms with Crippen molar-refractivity contribution in [2.75, 3.05) is 21.2 Å². The lowest BCUT2D eigenvalue weighted by molar-refractivity contribution is -0.135. The first-order chi connectivity index (χ1) is 8.49. The number of methoxy groups -OCH3 is 1. The molecule has 1 aromatic rings. The number of carbonyl (C=O) groups is 1. The van der Waals surface area contributed by atoms with Crippen LogP contribution in [0.2, 0.25) is 0 Å². The quantitative estimate of drug-likeness (QED) is 0.808. The minimum Gasteiger partial charge on any atom is -0.493 e. The fourth-order valence-corrected chi connectivity index (χ4v) is 1.44. The average Bonchev–Trinajstić information content (AvgIpc) is 2.37. The van der Waals surface area contributed by atoms with Crippen LogP contribution < -0.4 is 9.47 Å². The van der Waals surface area contributed by atoms with E-state index in [9.17, 15) is 4.79 Å². The zero-order valence-corrected chi connectivity index (χ0v) is 10.9. The summed E-state index contributed by atoms with van der Waals surface area (Å²) in [7, 11) is 4.82. The standard InChI is InChI=1S/C13H16N2O3/c1-9(13(16)15(2)3)18-11-6-5-10(8-14)7-12(11)17-4/h5-7,9H,1-4H3/t9-/m1/s1. The van der Waals surface area contributed by atoms with Gasteiger partial charge in [-0.3, -0.25) is 4.79 Å². The molecule has 96 valence electrons. The molecule has 1 rings (SSSR count). The smallest absolute Gasteiger partial charge is 0.262 e. The number of carbonyl (C=O) groups excluding carboxylic acids is 1. The number of likely N-dealkylation sites (N-methyl/N-ethyl adjacent to an activating group) is 1. The highest BCUT2D eigenvalue weighted by molar-refractivity contribution is 5.80. The predicted octanol–water partition coefficient (Wildman–Crippen LogP) is 1.42. The molecule has 1 amide bonds. The normalized spacial score (nSPS) is 11.3. The maximum absolute atomic E-state index is 11.7. The van der Waals surface area contributed by atoms with E-state index >= 15 is 0 Å². The Balaban J connectivity index is 2.91. The highest BCUT2D eigenvalue weighted by Gasteiger charge is 2.18. The monoisotopic (exact) mass is 248 g/mol. The zero-order valence-electron chi connectivity index (χ0n) is 10.9. The Hall–Kier alpha value is -2.22. The van der Waals surface area contributed by atoms with Crippen molar-refractivity contribution >= 4 is 5.91 Å². The van der Waals surface area contributed by atoms with E-state index in [-0.39, 0.29) is 5.91 Å². The molecule has 1 aromatic carbocycles. The summed E-state index contributed by atoms with van der Waals surface area (Å²) in [4.78, 5) is 13.1. The lowest BCUT2D eigenvalue weighted by atomic mass is 10.2. The average molecular weight is 248 g/mol. The number of hydrogen-bond acceptors (Lipinski definition) is 4. The molecular formula is C13H16N2O3. The van der Waals surface area contributed by atoms with Gasteiger partial charge in [-0.1, -0.05) is 0 Å². The number of hydrogen-bond donors (Lipinski definition) is 0. The van der Waals surface area contributed by atoms with Gasteiger partial charge in [0.2, 0.25) is 0 Å². The van der Waals surface area contributed by atoms with Gasteiger partial charge in [0.05, 0.1) is 18.7 Å². The van der Waals surface area contributed by atoms with Crippen molar-refractivity contribution in [1.29, 1.82) is 5.26 Å². The minimum atomic E-state index is -0.609. The Morgan fingerprint density at radius 1 is 1.39 bits per heavy atom. The highest BCUT2D eigenvalue weighted by atomic mass is 16.5. The number of ether oxygens (including phenoxy) is 2. The van der Waals surface area contributed by atoms with E-state index in [2.05, 4.69) is 0 Å². The number of benzene rings is 1. The summed E-state index contributed by atoms with van der Waals surface area (Å²) in [5.41, 5.74) is 0.478. The van der Waals surface area contributed by atoms with Gasteiger partial charge >= 0.3 is 0 Å². The summed E-state index contributed by atoms with van der Waals surface area (Å²) < 4.78 is 10.7. The molecule has 1 atom stereocenters. The van der Waals surface area contributed by atoms with Crippen molar-refractivity contribution in [3.8, 4) is 17.6 Å². The van der Waals surface area contributed by atoms with Crippen LogP contribution in [0, 0.1) is 11.3 Å². The third-order valence-corrected chi connectivity index (χ3v) is 2.39. The predicted molar refractivity (Wildman–Crippen MR) is 66.5 cm³/mol. The zero-order chi connectivity index (χ0) is 13.7. The summed E-state index contributed by atoms with van der Waals surface area (Å²) in [6.07, 6.45) is -0.609. The fourth-order valence-electron chi connectivity index (χ4n) is 1.44. The summed E-state index contributed by atoms with van der Waals surface area (Å²) in [5, 5.41) is 8.78. The van der Waals surface area contributed by atoms with Gasteiger partial charge in [0.15, 0.2) is 17.6 Å². The molecule has 0 N–H and O–H groups in total. The number of rotatable bonds is 4. The molecule has 0 saturated heterocycles. The first-order valence-corrected chi connectivity index (χ1v) is 5.45. The molecule has 0 aliphatic carbocycles. The van der Waals surface area contributed by atoms with Crippen LogP contribution >= 0.6 is 0 Å². The second kappa shape index (κ2) is 5.92. The van der Waals surface area contributed by atoms with Crippen molar-refractivity contribution in [3.05, 3.63) is 23.8 Å². The topological polar surface area (TPSA) is 62.6 Å². The van der Waals surface area contributed by atoms with Crippen LogP contribution in [0.5, 0.6) is 11.5 Å².